The van der Waals surface area contributed by atoms with Crippen LogP contribution in [-0.4, -0.2) is 36.3 Å². The highest BCUT2D eigenvalue weighted by Crippen LogP contribution is 2.28. The van der Waals surface area contributed by atoms with Crippen molar-refractivity contribution >= 4 is 28.2 Å². The van der Waals surface area contributed by atoms with Gasteiger partial charge in [-0.1, -0.05) is 39.4 Å². The van der Waals surface area contributed by atoms with E-state index in [2.05, 4.69) is 22.0 Å². The van der Waals surface area contributed by atoms with E-state index in [1.807, 2.05) is 20.9 Å². The van der Waals surface area contributed by atoms with E-state index in [9.17, 15) is 4.79 Å². The van der Waals surface area contributed by atoms with Crippen molar-refractivity contribution in [2.24, 2.45) is 18.7 Å². The van der Waals surface area contributed by atoms with Crippen LogP contribution in [0.3, 0.4) is 0 Å². The molecule has 0 aliphatic rings. The number of fused-ring (bicyclic) bond motifs is 1. The lowest BCUT2D eigenvalue weighted by molar-refractivity contribution is 0.262. The SMILES string of the molecule is CCCc1c2nc(-c3cc(C(N)=S)cnc3OCC(C)C)[nH]c(=O)c2nn1C. The molecule has 0 atom stereocenters. The van der Waals surface area contributed by atoms with Crippen LogP contribution in [0.15, 0.2) is 17.1 Å². The standard InChI is InChI=1S/C19H24N6O2S/c1-5-6-13-14-15(24-25(13)4)18(26)23-17(22-14)12-7-11(16(20)28)8-21-19(12)27-9-10(2)3/h7-8,10H,5-6,9H2,1-4H3,(H2,20,28)(H,22,23,26). The van der Waals surface area contributed by atoms with Gasteiger partial charge in [0.25, 0.3) is 5.56 Å². The summed E-state index contributed by atoms with van der Waals surface area (Å²) < 4.78 is 7.55. The van der Waals surface area contributed by atoms with Gasteiger partial charge in [-0.05, 0) is 18.4 Å². The first-order valence-electron chi connectivity index (χ1n) is 9.20. The molecule has 0 saturated heterocycles. The summed E-state index contributed by atoms with van der Waals surface area (Å²) >= 11 is 5.07. The van der Waals surface area contributed by atoms with Crippen LogP contribution in [-0.2, 0) is 13.5 Å². The molecule has 0 aliphatic heterocycles. The second-order valence-corrected chi connectivity index (χ2v) is 7.52. The van der Waals surface area contributed by atoms with E-state index < -0.39 is 0 Å². The summed E-state index contributed by atoms with van der Waals surface area (Å²) in [5, 5.41) is 4.32. The maximum atomic E-state index is 12.7. The lowest BCUT2D eigenvalue weighted by Gasteiger charge is -2.13. The highest BCUT2D eigenvalue weighted by Gasteiger charge is 2.19. The number of nitrogens with zero attached hydrogens (tertiary/aromatic N) is 4. The maximum absolute atomic E-state index is 12.7. The van der Waals surface area contributed by atoms with Gasteiger partial charge >= 0.3 is 0 Å². The molecule has 28 heavy (non-hydrogen) atoms. The fraction of sp³-hybridized carbons (Fsp3) is 0.421. The molecule has 3 N–H and O–H groups in total. The molecule has 9 heteroatoms. The molecule has 148 valence electrons. The van der Waals surface area contributed by atoms with Crippen LogP contribution >= 0.6 is 12.2 Å². The van der Waals surface area contributed by atoms with Crippen molar-refractivity contribution < 1.29 is 4.74 Å². The van der Waals surface area contributed by atoms with Gasteiger partial charge in [0.1, 0.15) is 16.3 Å². The Hall–Kier alpha value is -2.81. The second-order valence-electron chi connectivity index (χ2n) is 7.08. The molecule has 3 heterocycles. The lowest BCUT2D eigenvalue weighted by atomic mass is 10.1. The average molecular weight is 401 g/mol. The monoisotopic (exact) mass is 400 g/mol. The summed E-state index contributed by atoms with van der Waals surface area (Å²) in [5.74, 6) is 1.04. The maximum Gasteiger partial charge on any atom is 0.279 e. The van der Waals surface area contributed by atoms with Crippen molar-refractivity contribution in [3.63, 3.8) is 0 Å². The van der Waals surface area contributed by atoms with Gasteiger partial charge in [0.05, 0.1) is 17.9 Å². The van der Waals surface area contributed by atoms with Gasteiger partial charge in [0.2, 0.25) is 5.88 Å². The number of H-pyrrole nitrogens is 1. The van der Waals surface area contributed by atoms with Crippen molar-refractivity contribution in [3.05, 3.63) is 33.9 Å². The third-order valence-corrected chi connectivity index (χ3v) is 4.48. The Labute approximate surface area is 168 Å². The molecule has 3 aromatic heterocycles. The van der Waals surface area contributed by atoms with E-state index in [1.165, 1.54) is 0 Å². The van der Waals surface area contributed by atoms with Gasteiger partial charge in [-0.25, -0.2) is 9.97 Å². The number of aromatic nitrogens is 5. The molecule has 0 aliphatic carbocycles. The molecule has 0 spiro atoms. The number of ether oxygens (including phenoxy) is 1. The number of rotatable bonds is 7. The zero-order valence-corrected chi connectivity index (χ0v) is 17.3. The van der Waals surface area contributed by atoms with Gasteiger partial charge in [-0.3, -0.25) is 9.48 Å². The third-order valence-electron chi connectivity index (χ3n) is 4.24. The number of aryl methyl sites for hydroxylation is 2. The molecule has 0 amide bonds. The molecule has 3 rings (SSSR count). The van der Waals surface area contributed by atoms with E-state index in [4.69, 9.17) is 27.7 Å². The molecular formula is C19H24N6O2S. The quantitative estimate of drug-likeness (QED) is 0.585. The van der Waals surface area contributed by atoms with E-state index in [0.29, 0.717) is 46.4 Å². The molecule has 0 fully saturated rings. The molecule has 0 saturated carbocycles. The largest absolute Gasteiger partial charge is 0.477 e. The molecule has 3 aromatic rings. The van der Waals surface area contributed by atoms with Crippen LogP contribution < -0.4 is 16.0 Å². The molecule has 0 aromatic carbocycles. The summed E-state index contributed by atoms with van der Waals surface area (Å²) in [7, 11) is 1.82. The van der Waals surface area contributed by atoms with Crippen molar-refractivity contribution in [2.45, 2.75) is 33.6 Å². The minimum atomic E-state index is -0.312. The third kappa shape index (κ3) is 3.89. The molecular weight excluding hydrogens is 376 g/mol. The Morgan fingerprint density at radius 3 is 2.79 bits per heavy atom. The minimum Gasteiger partial charge on any atom is -0.477 e. The summed E-state index contributed by atoms with van der Waals surface area (Å²) in [4.78, 5) is 24.7. The van der Waals surface area contributed by atoms with Crippen molar-refractivity contribution in [1.82, 2.24) is 24.7 Å². The number of nitrogens with two attached hydrogens (primary N) is 1. The highest BCUT2D eigenvalue weighted by molar-refractivity contribution is 7.80. The smallest absolute Gasteiger partial charge is 0.279 e. The molecule has 0 bridgehead atoms. The number of hydrogen-bond acceptors (Lipinski definition) is 6. The van der Waals surface area contributed by atoms with Crippen molar-refractivity contribution in [2.75, 3.05) is 6.61 Å². The van der Waals surface area contributed by atoms with Gasteiger partial charge < -0.3 is 15.5 Å². The van der Waals surface area contributed by atoms with E-state index in [-0.39, 0.29) is 10.5 Å². The van der Waals surface area contributed by atoms with Crippen molar-refractivity contribution in [3.8, 4) is 17.3 Å². The van der Waals surface area contributed by atoms with Crippen LogP contribution in [0.1, 0.15) is 38.4 Å². The first-order valence-corrected chi connectivity index (χ1v) is 9.61. The van der Waals surface area contributed by atoms with Crippen LogP contribution in [0, 0.1) is 5.92 Å². The van der Waals surface area contributed by atoms with Crippen LogP contribution in [0.5, 0.6) is 5.88 Å². The van der Waals surface area contributed by atoms with E-state index in [1.54, 1.807) is 16.9 Å². The number of hydrogen-bond donors (Lipinski definition) is 2. The number of thiocarbonyl (C=S) groups is 1. The van der Waals surface area contributed by atoms with Crippen LogP contribution in [0.25, 0.3) is 22.4 Å². The highest BCUT2D eigenvalue weighted by atomic mass is 32.1. The zero-order chi connectivity index (χ0) is 20.4. The van der Waals surface area contributed by atoms with Gasteiger partial charge in [-0.2, -0.15) is 5.10 Å². The summed E-state index contributed by atoms with van der Waals surface area (Å²) in [6.07, 6.45) is 3.25. The predicted molar refractivity (Wildman–Crippen MR) is 113 cm³/mol. The van der Waals surface area contributed by atoms with Crippen LogP contribution in [0.4, 0.5) is 0 Å². The zero-order valence-electron chi connectivity index (χ0n) is 16.4. The van der Waals surface area contributed by atoms with Gasteiger partial charge in [-0.15, -0.1) is 0 Å². The van der Waals surface area contributed by atoms with Gasteiger partial charge in [0.15, 0.2) is 5.52 Å². The lowest BCUT2D eigenvalue weighted by Crippen LogP contribution is -2.14. The second kappa shape index (κ2) is 8.05. The fourth-order valence-corrected chi connectivity index (χ4v) is 3.00. The number of pyridine rings is 1. The number of nitrogens with one attached hydrogen (secondary N) is 1. The molecule has 8 nitrogen and oxygen atoms in total. The van der Waals surface area contributed by atoms with E-state index in [0.717, 1.165) is 18.5 Å². The topological polar surface area (TPSA) is 112 Å². The van der Waals surface area contributed by atoms with E-state index >= 15 is 0 Å². The first kappa shape index (κ1) is 19.9. The Morgan fingerprint density at radius 2 is 2.14 bits per heavy atom. The first-order chi connectivity index (χ1) is 13.3. The normalized spacial score (nSPS) is 11.3. The van der Waals surface area contributed by atoms with Gasteiger partial charge in [0, 0.05) is 18.8 Å². The molecule has 0 unspecified atom stereocenters. The predicted octanol–water partition coefficient (Wildman–Crippen LogP) is 2.34. The van der Waals surface area contributed by atoms with Crippen LogP contribution in [0.2, 0.25) is 0 Å². The van der Waals surface area contributed by atoms with Crippen molar-refractivity contribution in [1.29, 1.82) is 0 Å². The summed E-state index contributed by atoms with van der Waals surface area (Å²) in [6.45, 7) is 6.64. The summed E-state index contributed by atoms with van der Waals surface area (Å²) in [5.41, 5.74) is 8.38. The summed E-state index contributed by atoms with van der Waals surface area (Å²) in [6, 6.07) is 1.74. The molecule has 0 radical (unpaired) electrons. The Kier molecular flexibility index (Phi) is 5.73. The fourth-order valence-electron chi connectivity index (χ4n) is 2.89. The average Bonchev–Trinajstić information content (AvgIpc) is 2.96. The number of aromatic amines is 1. The minimum absolute atomic E-state index is 0.209. The Morgan fingerprint density at radius 1 is 1.39 bits per heavy atom. The Balaban J connectivity index is 2.22. The Bertz CT molecular complexity index is 1090.